The van der Waals surface area contributed by atoms with Gasteiger partial charge in [0.1, 0.15) is 0 Å². The summed E-state index contributed by atoms with van der Waals surface area (Å²) in [6, 6.07) is 5.91. The van der Waals surface area contributed by atoms with Gasteiger partial charge in [0, 0.05) is 43.8 Å². The number of rotatable bonds is 8. The van der Waals surface area contributed by atoms with Gasteiger partial charge in [0.05, 0.1) is 6.10 Å². The summed E-state index contributed by atoms with van der Waals surface area (Å²) in [5.74, 6) is 0.422. The van der Waals surface area contributed by atoms with Crippen molar-refractivity contribution in [2.45, 2.75) is 50.8 Å². The van der Waals surface area contributed by atoms with Crippen LogP contribution in [0.25, 0.3) is 0 Å². The maximum Gasteiger partial charge on any atom is 0.220 e. The Kier molecular flexibility index (Phi) is 5.59. The molecule has 0 aromatic carbocycles. The monoisotopic (exact) mass is 328 g/mol. The number of carbonyl (C=O) groups is 1. The molecule has 0 bridgehead atoms. The molecule has 0 radical (unpaired) electrons. The average molecular weight is 328 g/mol. The highest BCUT2D eigenvalue weighted by molar-refractivity contribution is 5.76. The predicted molar refractivity (Wildman–Crippen MR) is 90.1 cm³/mol. The van der Waals surface area contributed by atoms with Crippen molar-refractivity contribution < 1.29 is 9.90 Å². The molecule has 2 N–H and O–H groups in total. The highest BCUT2D eigenvalue weighted by atomic mass is 16.3. The van der Waals surface area contributed by atoms with E-state index in [0.29, 0.717) is 12.3 Å². The van der Waals surface area contributed by atoms with Gasteiger partial charge in [-0.25, -0.2) is 0 Å². The Labute approximate surface area is 141 Å². The van der Waals surface area contributed by atoms with Crippen LogP contribution in [0.15, 0.2) is 43.0 Å². The molecule has 0 spiro atoms. The Morgan fingerprint density at radius 1 is 1.33 bits per heavy atom. The van der Waals surface area contributed by atoms with E-state index in [4.69, 9.17) is 0 Å². The summed E-state index contributed by atoms with van der Waals surface area (Å²) in [6.07, 6.45) is 10.5. The number of aliphatic hydroxyl groups is 1. The number of amides is 1. The van der Waals surface area contributed by atoms with Crippen LogP contribution in [0.1, 0.15) is 31.2 Å². The molecule has 0 saturated heterocycles. The van der Waals surface area contributed by atoms with E-state index in [1.165, 1.54) is 0 Å². The van der Waals surface area contributed by atoms with Gasteiger partial charge in [0.2, 0.25) is 5.91 Å². The number of nitrogens with one attached hydrogen (secondary N) is 1. The Morgan fingerprint density at radius 2 is 2.12 bits per heavy atom. The Balaban J connectivity index is 1.50. The highest BCUT2D eigenvalue weighted by Crippen LogP contribution is 2.31. The summed E-state index contributed by atoms with van der Waals surface area (Å²) in [5.41, 5.74) is 1.16. The molecule has 0 aliphatic heterocycles. The van der Waals surface area contributed by atoms with Gasteiger partial charge in [-0.05, 0) is 55.4 Å². The molecular weight excluding hydrogens is 304 g/mol. The van der Waals surface area contributed by atoms with Crippen molar-refractivity contribution in [3.63, 3.8) is 0 Å². The van der Waals surface area contributed by atoms with Crippen molar-refractivity contribution >= 4 is 5.91 Å². The van der Waals surface area contributed by atoms with Gasteiger partial charge in [-0.15, -0.1) is 0 Å². The minimum Gasteiger partial charge on any atom is -0.393 e. The number of hydrogen-bond acceptors (Lipinski definition) is 4. The van der Waals surface area contributed by atoms with Crippen LogP contribution in [0, 0.1) is 5.92 Å². The maximum atomic E-state index is 12.3. The lowest BCUT2D eigenvalue weighted by atomic mass is 9.75. The maximum absolute atomic E-state index is 12.3. The molecule has 2 aromatic rings. The zero-order valence-corrected chi connectivity index (χ0v) is 13.7. The third kappa shape index (κ3) is 4.64. The molecule has 6 nitrogen and oxygen atoms in total. The molecule has 1 aliphatic rings. The van der Waals surface area contributed by atoms with Gasteiger partial charge in [0.15, 0.2) is 0 Å². The summed E-state index contributed by atoms with van der Waals surface area (Å²) < 4.78 is 1.84. The van der Waals surface area contributed by atoms with Crippen molar-refractivity contribution in [2.24, 2.45) is 5.92 Å². The molecule has 6 heteroatoms. The van der Waals surface area contributed by atoms with Crippen LogP contribution in [-0.2, 0) is 17.8 Å². The summed E-state index contributed by atoms with van der Waals surface area (Å²) in [7, 11) is 0. The van der Waals surface area contributed by atoms with Crippen LogP contribution >= 0.6 is 0 Å². The minimum atomic E-state index is -0.216. The molecule has 2 aromatic heterocycles. The number of aliphatic hydroxyl groups excluding tert-OH is 1. The first-order chi connectivity index (χ1) is 11.7. The standard InChI is InChI=1S/C18H24N4O2/c23-16-12-15(13-16)17(11-14-4-7-19-8-5-14)21-18(24)3-1-9-22-10-2-6-20-22/h2,4-8,10,15-17,23H,1,3,9,11-13H2,(H,21,24)/t15?,16?,17-/m1/s1. The van der Waals surface area contributed by atoms with E-state index in [0.717, 1.165) is 37.8 Å². The van der Waals surface area contributed by atoms with E-state index in [-0.39, 0.29) is 18.1 Å². The van der Waals surface area contributed by atoms with Crippen LogP contribution in [-0.4, -0.2) is 37.9 Å². The highest BCUT2D eigenvalue weighted by Gasteiger charge is 2.34. The van der Waals surface area contributed by atoms with Crippen molar-refractivity contribution in [1.82, 2.24) is 20.1 Å². The predicted octanol–water partition coefficient (Wildman–Crippen LogP) is 1.56. The van der Waals surface area contributed by atoms with E-state index in [9.17, 15) is 9.90 Å². The van der Waals surface area contributed by atoms with Gasteiger partial charge in [-0.2, -0.15) is 5.10 Å². The number of pyridine rings is 1. The molecule has 3 rings (SSSR count). The Hall–Kier alpha value is -2.21. The first-order valence-corrected chi connectivity index (χ1v) is 8.54. The number of aryl methyl sites for hydroxylation is 1. The first kappa shape index (κ1) is 16.6. The zero-order valence-electron chi connectivity index (χ0n) is 13.7. The van der Waals surface area contributed by atoms with E-state index in [1.54, 1.807) is 18.6 Å². The molecule has 2 heterocycles. The minimum absolute atomic E-state index is 0.0719. The number of nitrogens with zero attached hydrogens (tertiary/aromatic N) is 3. The molecule has 1 saturated carbocycles. The van der Waals surface area contributed by atoms with Crippen molar-refractivity contribution in [3.8, 4) is 0 Å². The fraction of sp³-hybridized carbons (Fsp3) is 0.500. The topological polar surface area (TPSA) is 80.0 Å². The summed E-state index contributed by atoms with van der Waals surface area (Å²) in [6.45, 7) is 0.748. The summed E-state index contributed by atoms with van der Waals surface area (Å²) in [5, 5.41) is 16.9. The van der Waals surface area contributed by atoms with Crippen molar-refractivity contribution in [3.05, 3.63) is 48.5 Å². The van der Waals surface area contributed by atoms with Crippen LogP contribution in [0.3, 0.4) is 0 Å². The quantitative estimate of drug-likeness (QED) is 0.770. The Morgan fingerprint density at radius 3 is 2.79 bits per heavy atom. The zero-order chi connectivity index (χ0) is 16.8. The molecule has 24 heavy (non-hydrogen) atoms. The smallest absolute Gasteiger partial charge is 0.220 e. The van der Waals surface area contributed by atoms with Gasteiger partial charge >= 0.3 is 0 Å². The molecule has 0 unspecified atom stereocenters. The molecule has 1 fully saturated rings. The van der Waals surface area contributed by atoms with E-state index >= 15 is 0 Å². The van der Waals surface area contributed by atoms with Crippen molar-refractivity contribution in [1.29, 1.82) is 0 Å². The fourth-order valence-electron chi connectivity index (χ4n) is 3.18. The first-order valence-electron chi connectivity index (χ1n) is 8.54. The van der Waals surface area contributed by atoms with Crippen LogP contribution in [0.4, 0.5) is 0 Å². The molecular formula is C18H24N4O2. The number of carbonyl (C=O) groups excluding carboxylic acids is 1. The van der Waals surface area contributed by atoms with E-state index in [1.807, 2.05) is 29.1 Å². The van der Waals surface area contributed by atoms with Gasteiger partial charge in [0.25, 0.3) is 0 Å². The number of aromatic nitrogens is 3. The van der Waals surface area contributed by atoms with Crippen LogP contribution in [0.5, 0.6) is 0 Å². The summed E-state index contributed by atoms with van der Waals surface area (Å²) >= 11 is 0. The van der Waals surface area contributed by atoms with E-state index < -0.39 is 0 Å². The lowest BCUT2D eigenvalue weighted by Gasteiger charge is -2.38. The molecule has 1 amide bonds. The fourth-order valence-corrected chi connectivity index (χ4v) is 3.18. The lowest BCUT2D eigenvalue weighted by molar-refractivity contribution is -0.123. The third-order valence-corrected chi connectivity index (χ3v) is 4.62. The number of hydrogen-bond donors (Lipinski definition) is 2. The van der Waals surface area contributed by atoms with E-state index in [2.05, 4.69) is 15.4 Å². The second kappa shape index (κ2) is 8.06. The van der Waals surface area contributed by atoms with Gasteiger partial charge in [-0.1, -0.05) is 0 Å². The molecule has 1 aliphatic carbocycles. The largest absolute Gasteiger partial charge is 0.393 e. The van der Waals surface area contributed by atoms with Gasteiger partial charge < -0.3 is 10.4 Å². The van der Waals surface area contributed by atoms with Gasteiger partial charge in [-0.3, -0.25) is 14.5 Å². The summed E-state index contributed by atoms with van der Waals surface area (Å²) in [4.78, 5) is 16.3. The SMILES string of the molecule is O=C(CCCn1cccn1)N[C@H](Cc1ccncc1)C1CC(O)C1. The Bertz CT molecular complexity index is 624. The molecule has 128 valence electrons. The second-order valence-corrected chi connectivity index (χ2v) is 6.49. The second-order valence-electron chi connectivity index (χ2n) is 6.49. The lowest BCUT2D eigenvalue weighted by Crippen LogP contribution is -2.48. The normalized spacial score (nSPS) is 21.0. The molecule has 1 atom stereocenters. The van der Waals surface area contributed by atoms with Crippen LogP contribution < -0.4 is 5.32 Å². The van der Waals surface area contributed by atoms with Crippen molar-refractivity contribution in [2.75, 3.05) is 0 Å². The third-order valence-electron chi connectivity index (χ3n) is 4.62. The average Bonchev–Trinajstić information content (AvgIpc) is 3.06. The van der Waals surface area contributed by atoms with Crippen LogP contribution in [0.2, 0.25) is 0 Å².